The number of nitrogens with zero attached hydrogens (tertiary/aromatic N) is 1. The Balaban J connectivity index is 2.40. The van der Waals surface area contributed by atoms with Gasteiger partial charge in [-0.2, -0.15) is 0 Å². The zero-order valence-electron chi connectivity index (χ0n) is 8.81. The summed E-state index contributed by atoms with van der Waals surface area (Å²) in [5.41, 5.74) is 0. The quantitative estimate of drug-likeness (QED) is 0.694. The molecule has 1 fully saturated rings. The van der Waals surface area contributed by atoms with Gasteiger partial charge in [0.25, 0.3) is 0 Å². The van der Waals surface area contributed by atoms with Crippen LogP contribution in [0.5, 0.6) is 0 Å². The average Bonchev–Trinajstić information content (AvgIpc) is 2.01. The third-order valence-corrected chi connectivity index (χ3v) is 2.67. The van der Waals surface area contributed by atoms with Crippen molar-refractivity contribution in [1.82, 2.24) is 4.90 Å². The first-order valence-corrected chi connectivity index (χ1v) is 5.12. The minimum atomic E-state index is -0.766. The maximum atomic E-state index is 10.6. The number of piperidine rings is 1. The summed E-state index contributed by atoms with van der Waals surface area (Å²) in [6, 6.07) is 0. The van der Waals surface area contributed by atoms with Crippen molar-refractivity contribution in [1.29, 1.82) is 0 Å². The van der Waals surface area contributed by atoms with Crippen molar-refractivity contribution in [3.63, 3.8) is 0 Å². The van der Waals surface area contributed by atoms with E-state index in [4.69, 9.17) is 5.11 Å². The number of carboxylic acids is 1. The molecule has 0 aliphatic carbocycles. The third kappa shape index (κ3) is 3.27. The molecule has 0 spiro atoms. The Hall–Kier alpha value is -0.610. The van der Waals surface area contributed by atoms with Gasteiger partial charge in [-0.15, -0.1) is 0 Å². The number of hydrogen-bond acceptors (Lipinski definition) is 3. The molecule has 0 aromatic carbocycles. The molecule has 0 amide bonds. The molecule has 1 heterocycles. The summed E-state index contributed by atoms with van der Waals surface area (Å²) >= 11 is 0. The maximum absolute atomic E-state index is 10.6. The summed E-state index contributed by atoms with van der Waals surface area (Å²) in [5.74, 6) is -0.662. The Morgan fingerprint density at radius 1 is 1.57 bits per heavy atom. The summed E-state index contributed by atoms with van der Waals surface area (Å²) < 4.78 is 0. The monoisotopic (exact) mass is 201 g/mol. The minimum absolute atomic E-state index is 0.292. The van der Waals surface area contributed by atoms with E-state index in [-0.39, 0.29) is 12.0 Å². The highest BCUT2D eigenvalue weighted by molar-refractivity contribution is 5.69. The van der Waals surface area contributed by atoms with Crippen LogP contribution >= 0.6 is 0 Å². The van der Waals surface area contributed by atoms with E-state index in [1.807, 2.05) is 4.90 Å². The van der Waals surface area contributed by atoms with Crippen molar-refractivity contribution >= 4 is 5.97 Å². The van der Waals surface area contributed by atoms with E-state index in [1.165, 1.54) is 0 Å². The first kappa shape index (κ1) is 11.5. The van der Waals surface area contributed by atoms with E-state index < -0.39 is 5.97 Å². The molecule has 0 saturated carbocycles. The minimum Gasteiger partial charge on any atom is -0.481 e. The van der Waals surface area contributed by atoms with Gasteiger partial charge in [-0.3, -0.25) is 9.69 Å². The van der Waals surface area contributed by atoms with Crippen LogP contribution < -0.4 is 0 Å². The molecule has 3 atom stereocenters. The standard InChI is InChI=1S/C10H19NO3/c1-7-3-9(12)6-11(4-7)5-8(2)10(13)14/h7-9,12H,3-6H2,1-2H3,(H,13,14)/t7-,8?,9+/m0/s1. The Morgan fingerprint density at radius 2 is 2.21 bits per heavy atom. The van der Waals surface area contributed by atoms with Crippen molar-refractivity contribution < 1.29 is 15.0 Å². The molecule has 14 heavy (non-hydrogen) atoms. The number of hydrogen-bond donors (Lipinski definition) is 2. The van der Waals surface area contributed by atoms with Gasteiger partial charge in [-0.05, 0) is 12.3 Å². The van der Waals surface area contributed by atoms with E-state index in [0.717, 1.165) is 13.0 Å². The van der Waals surface area contributed by atoms with Gasteiger partial charge in [0.1, 0.15) is 0 Å². The van der Waals surface area contributed by atoms with Gasteiger partial charge in [0, 0.05) is 19.6 Å². The first-order valence-electron chi connectivity index (χ1n) is 5.12. The van der Waals surface area contributed by atoms with Crippen molar-refractivity contribution in [2.75, 3.05) is 19.6 Å². The largest absolute Gasteiger partial charge is 0.481 e. The first-order chi connectivity index (χ1) is 6.49. The fraction of sp³-hybridized carbons (Fsp3) is 0.900. The fourth-order valence-corrected chi connectivity index (χ4v) is 2.04. The molecule has 1 aliphatic heterocycles. The second kappa shape index (κ2) is 4.75. The van der Waals surface area contributed by atoms with E-state index >= 15 is 0 Å². The lowest BCUT2D eigenvalue weighted by molar-refractivity contribution is -0.142. The summed E-state index contributed by atoms with van der Waals surface area (Å²) in [4.78, 5) is 12.7. The molecule has 0 aromatic heterocycles. The molecule has 1 aliphatic rings. The van der Waals surface area contributed by atoms with Gasteiger partial charge in [-0.25, -0.2) is 0 Å². The zero-order chi connectivity index (χ0) is 10.7. The number of carboxylic acid groups (broad SMARTS) is 1. The van der Waals surface area contributed by atoms with E-state index in [9.17, 15) is 9.90 Å². The lowest BCUT2D eigenvalue weighted by Gasteiger charge is -2.34. The summed E-state index contributed by atoms with van der Waals surface area (Å²) in [7, 11) is 0. The number of aliphatic carboxylic acids is 1. The smallest absolute Gasteiger partial charge is 0.307 e. The predicted molar refractivity (Wildman–Crippen MR) is 53.0 cm³/mol. The maximum Gasteiger partial charge on any atom is 0.307 e. The summed E-state index contributed by atoms with van der Waals surface area (Å²) in [5, 5.41) is 18.3. The van der Waals surface area contributed by atoms with Gasteiger partial charge in [0.05, 0.1) is 12.0 Å². The molecule has 0 radical (unpaired) electrons. The second-order valence-electron chi connectivity index (χ2n) is 4.45. The fourth-order valence-electron chi connectivity index (χ4n) is 2.04. The molecule has 0 aromatic rings. The highest BCUT2D eigenvalue weighted by Gasteiger charge is 2.25. The van der Waals surface area contributed by atoms with Crippen LogP contribution in [0.25, 0.3) is 0 Å². The molecule has 1 rings (SSSR count). The molecule has 4 nitrogen and oxygen atoms in total. The molecular weight excluding hydrogens is 182 g/mol. The highest BCUT2D eigenvalue weighted by atomic mass is 16.4. The number of aliphatic hydroxyl groups excluding tert-OH is 1. The number of carbonyl (C=O) groups is 1. The number of rotatable bonds is 3. The van der Waals surface area contributed by atoms with E-state index in [2.05, 4.69) is 6.92 Å². The van der Waals surface area contributed by atoms with E-state index in [1.54, 1.807) is 6.92 Å². The van der Waals surface area contributed by atoms with Crippen molar-refractivity contribution in [2.24, 2.45) is 11.8 Å². The molecule has 0 bridgehead atoms. The molecular formula is C10H19NO3. The Labute approximate surface area is 84.5 Å². The van der Waals surface area contributed by atoms with Crippen LogP contribution in [0, 0.1) is 11.8 Å². The third-order valence-electron chi connectivity index (χ3n) is 2.67. The molecule has 4 heteroatoms. The van der Waals surface area contributed by atoms with Gasteiger partial charge in [-0.1, -0.05) is 13.8 Å². The number of likely N-dealkylation sites (tertiary alicyclic amines) is 1. The molecule has 82 valence electrons. The lowest BCUT2D eigenvalue weighted by atomic mass is 9.97. The SMILES string of the molecule is CC(CN1C[C@@H](C)C[C@@H](O)C1)C(=O)O. The van der Waals surface area contributed by atoms with Crippen LogP contribution in [-0.4, -0.2) is 46.8 Å². The van der Waals surface area contributed by atoms with Gasteiger partial charge >= 0.3 is 5.97 Å². The van der Waals surface area contributed by atoms with Crippen LogP contribution in [0.4, 0.5) is 0 Å². The molecule has 1 unspecified atom stereocenters. The van der Waals surface area contributed by atoms with Gasteiger partial charge in [0.2, 0.25) is 0 Å². The van der Waals surface area contributed by atoms with E-state index in [0.29, 0.717) is 19.0 Å². The van der Waals surface area contributed by atoms with Crippen LogP contribution in [0.3, 0.4) is 0 Å². The van der Waals surface area contributed by atoms with Gasteiger partial charge in [0.15, 0.2) is 0 Å². The number of aliphatic hydroxyl groups is 1. The van der Waals surface area contributed by atoms with Crippen LogP contribution in [0.1, 0.15) is 20.3 Å². The topological polar surface area (TPSA) is 60.8 Å². The summed E-state index contributed by atoms with van der Waals surface area (Å²) in [6.07, 6.45) is 0.539. The van der Waals surface area contributed by atoms with Crippen LogP contribution in [0.2, 0.25) is 0 Å². The van der Waals surface area contributed by atoms with Crippen LogP contribution in [-0.2, 0) is 4.79 Å². The van der Waals surface area contributed by atoms with Crippen LogP contribution in [0.15, 0.2) is 0 Å². The van der Waals surface area contributed by atoms with Crippen molar-refractivity contribution in [3.8, 4) is 0 Å². The Morgan fingerprint density at radius 3 is 2.71 bits per heavy atom. The van der Waals surface area contributed by atoms with Crippen molar-refractivity contribution in [2.45, 2.75) is 26.4 Å². The average molecular weight is 201 g/mol. The lowest BCUT2D eigenvalue weighted by Crippen LogP contribution is -2.44. The summed E-state index contributed by atoms with van der Waals surface area (Å²) in [6.45, 7) is 5.84. The Bertz CT molecular complexity index is 198. The van der Waals surface area contributed by atoms with Crippen molar-refractivity contribution in [3.05, 3.63) is 0 Å². The van der Waals surface area contributed by atoms with Gasteiger partial charge < -0.3 is 10.2 Å². The molecule has 1 saturated heterocycles. The highest BCUT2D eigenvalue weighted by Crippen LogP contribution is 2.17. The molecule has 2 N–H and O–H groups in total. The predicted octanol–water partition coefficient (Wildman–Crippen LogP) is 0.410. The zero-order valence-corrected chi connectivity index (χ0v) is 8.81. The Kier molecular flexibility index (Phi) is 3.89. The number of β-amino-alcohol motifs (C(OH)–C–C–N with tert-alkyl or cyclic N) is 1. The normalized spacial score (nSPS) is 31.4. The second-order valence-corrected chi connectivity index (χ2v) is 4.45.